The number of rotatable bonds is 12. The van der Waals surface area contributed by atoms with Crippen molar-refractivity contribution in [3.05, 3.63) is 129 Å². The maximum absolute atomic E-state index is 11.1. The van der Waals surface area contributed by atoms with E-state index in [0.717, 1.165) is 22.6 Å². The van der Waals surface area contributed by atoms with Crippen LogP contribution in [-0.2, 0) is 10.5 Å². The van der Waals surface area contributed by atoms with E-state index in [1.54, 1.807) is 38.1 Å². The van der Waals surface area contributed by atoms with Gasteiger partial charge in [-0.05, 0) is 119 Å². The molecule has 7 nitrogen and oxygen atoms in total. The Morgan fingerprint density at radius 2 is 0.913 bits per heavy atom. The lowest BCUT2D eigenvalue weighted by Crippen LogP contribution is -2.51. The first-order chi connectivity index (χ1) is 21.5. The first kappa shape index (κ1) is 36.3. The number of ether oxygens (including phenoxy) is 2. The molecule has 2 N–H and O–H groups in total. The Morgan fingerprint density at radius 3 is 1.24 bits per heavy atom. The molecule has 0 saturated carbocycles. The molecule has 0 spiro atoms. The topological polar surface area (TPSA) is 102 Å². The van der Waals surface area contributed by atoms with Crippen LogP contribution in [0.15, 0.2) is 84.9 Å². The van der Waals surface area contributed by atoms with Gasteiger partial charge in [0.1, 0.15) is 24.0 Å². The van der Waals surface area contributed by atoms with Crippen LogP contribution in [0.2, 0.25) is 26.2 Å². The summed E-state index contributed by atoms with van der Waals surface area (Å²) in [4.78, 5) is 22.3. The van der Waals surface area contributed by atoms with Crippen molar-refractivity contribution in [1.29, 1.82) is 0 Å². The molecule has 0 saturated heterocycles. The maximum Gasteiger partial charge on any atom is 0.335 e. The van der Waals surface area contributed by atoms with Crippen molar-refractivity contribution in [2.24, 2.45) is 0 Å². The number of aromatic carboxylic acids is 2. The van der Waals surface area contributed by atoms with Crippen molar-refractivity contribution in [2.45, 2.75) is 60.3 Å². The molecule has 46 heavy (non-hydrogen) atoms. The minimum atomic E-state index is -1.92. The molecule has 0 aromatic heterocycles. The first-order valence-corrected chi connectivity index (χ1v) is 21.5. The van der Waals surface area contributed by atoms with Crippen molar-refractivity contribution in [1.82, 2.24) is 0 Å². The summed E-state index contributed by atoms with van der Waals surface area (Å²) in [6.45, 7) is 16.5. The van der Waals surface area contributed by atoms with Crippen molar-refractivity contribution >= 4 is 28.6 Å². The molecule has 0 aliphatic carbocycles. The lowest BCUT2D eigenvalue weighted by atomic mass is 9.97. The molecule has 9 heteroatoms. The maximum atomic E-state index is 11.1. The van der Waals surface area contributed by atoms with E-state index in [0.29, 0.717) is 30.0 Å². The minimum Gasteiger partial charge on any atom is -0.494 e. The van der Waals surface area contributed by atoms with E-state index in [2.05, 4.69) is 64.3 Å². The van der Waals surface area contributed by atoms with Gasteiger partial charge in [0.15, 0.2) is 0 Å². The van der Waals surface area contributed by atoms with Gasteiger partial charge in [-0.1, -0.05) is 59.7 Å². The molecule has 0 fully saturated rings. The Morgan fingerprint density at radius 1 is 0.565 bits per heavy atom. The van der Waals surface area contributed by atoms with Gasteiger partial charge in [0.25, 0.3) is 0 Å². The normalized spacial score (nSPS) is 11.3. The molecular formula is C37H46O7Si2. The molecule has 0 aliphatic heterocycles. The van der Waals surface area contributed by atoms with Crippen LogP contribution in [0.4, 0.5) is 0 Å². The van der Waals surface area contributed by atoms with Gasteiger partial charge < -0.3 is 23.8 Å². The predicted octanol–water partition coefficient (Wildman–Crippen LogP) is 8.56. The third-order valence-electron chi connectivity index (χ3n) is 7.24. The van der Waals surface area contributed by atoms with E-state index in [9.17, 15) is 9.59 Å². The van der Waals surface area contributed by atoms with Crippen LogP contribution >= 0.6 is 0 Å². The predicted molar refractivity (Wildman–Crippen MR) is 188 cm³/mol. The summed E-state index contributed by atoms with van der Waals surface area (Å²) in [5.74, 6) is -0.0933. The number of benzene rings is 4. The lowest BCUT2D eigenvalue weighted by molar-refractivity contribution is 0.0685. The second kappa shape index (κ2) is 15.9. The van der Waals surface area contributed by atoms with Crippen LogP contribution in [0.1, 0.15) is 54.1 Å². The van der Waals surface area contributed by atoms with E-state index in [1.807, 2.05) is 36.4 Å². The van der Waals surface area contributed by atoms with Crippen molar-refractivity contribution < 1.29 is 33.4 Å². The third-order valence-corrected chi connectivity index (χ3v) is 13.3. The van der Waals surface area contributed by atoms with Crippen molar-refractivity contribution in [3.8, 4) is 11.5 Å². The zero-order valence-corrected chi connectivity index (χ0v) is 30.1. The second-order valence-electron chi connectivity index (χ2n) is 12.9. The summed E-state index contributed by atoms with van der Waals surface area (Å²) in [5, 5.41) is 18.3. The lowest BCUT2D eigenvalue weighted by Gasteiger charge is -2.33. The fourth-order valence-corrected chi connectivity index (χ4v) is 12.3. The van der Waals surface area contributed by atoms with E-state index in [1.165, 1.54) is 11.1 Å². The number of carbonyl (C=O) groups is 2. The molecule has 0 aliphatic rings. The second-order valence-corrected chi connectivity index (χ2v) is 21.3. The highest BCUT2D eigenvalue weighted by Crippen LogP contribution is 2.21. The summed E-state index contributed by atoms with van der Waals surface area (Å²) < 4.78 is 18.5. The highest BCUT2D eigenvalue weighted by atomic mass is 28.4. The summed E-state index contributed by atoms with van der Waals surface area (Å²) >= 11 is 0. The van der Waals surface area contributed by atoms with Gasteiger partial charge in [0.2, 0.25) is 16.6 Å². The molecule has 4 aromatic rings. The van der Waals surface area contributed by atoms with Gasteiger partial charge in [-0.25, -0.2) is 9.59 Å². The molecule has 4 aromatic carbocycles. The molecule has 0 heterocycles. The van der Waals surface area contributed by atoms with E-state index >= 15 is 0 Å². The van der Waals surface area contributed by atoms with Crippen LogP contribution < -0.4 is 9.47 Å². The quantitative estimate of drug-likeness (QED) is 0.147. The standard InChI is InChI=1S/C20H30O3Si2.C17H16O4/c1-17-7-11-19(12-8-17)21-15-24(3,4)23-25(5,6)16-22-20-13-9-18(2)10-14-20;1-10-3-5-12(8-14(10)16(18)19)7-13-6-4-11(2)15(9-13)17(20)21/h7-14H,15-16H2,1-6H3;3-6,8-9H,7H2,1-2H3,(H,18,19)(H,20,21). The molecular weight excluding hydrogens is 613 g/mol. The third kappa shape index (κ3) is 11.6. The van der Waals surface area contributed by atoms with Crippen LogP contribution in [0, 0.1) is 27.7 Å². The first-order valence-electron chi connectivity index (χ1n) is 15.3. The summed E-state index contributed by atoms with van der Waals surface area (Å²) in [6.07, 6.45) is 1.80. The number of carboxylic acids is 2. The number of carboxylic acid groups (broad SMARTS) is 2. The molecule has 0 bridgehead atoms. The van der Waals surface area contributed by atoms with Crippen LogP contribution in [0.5, 0.6) is 11.5 Å². The summed E-state index contributed by atoms with van der Waals surface area (Å²) in [7, 11) is -3.85. The van der Waals surface area contributed by atoms with Gasteiger partial charge in [-0.2, -0.15) is 0 Å². The number of aryl methyl sites for hydroxylation is 4. The fourth-order valence-electron chi connectivity index (χ4n) is 4.84. The number of hydrogen-bond donors (Lipinski definition) is 2. The minimum absolute atomic E-state index is 0.276. The van der Waals surface area contributed by atoms with Gasteiger partial charge in [0, 0.05) is 0 Å². The zero-order valence-electron chi connectivity index (χ0n) is 28.1. The molecule has 0 radical (unpaired) electrons. The van der Waals surface area contributed by atoms with Gasteiger partial charge in [-0.15, -0.1) is 0 Å². The smallest absolute Gasteiger partial charge is 0.335 e. The zero-order chi connectivity index (χ0) is 34.1. The van der Waals surface area contributed by atoms with Crippen LogP contribution in [0.25, 0.3) is 0 Å². The Hall–Kier alpha value is -4.19. The van der Waals surface area contributed by atoms with Gasteiger partial charge >= 0.3 is 11.9 Å². The fraction of sp³-hybridized carbons (Fsp3) is 0.297. The summed E-state index contributed by atoms with van der Waals surface area (Å²) in [6, 6.07) is 26.9. The average molecular weight is 659 g/mol. The van der Waals surface area contributed by atoms with E-state index in [4.69, 9.17) is 23.8 Å². The van der Waals surface area contributed by atoms with Crippen LogP contribution in [-0.4, -0.2) is 51.2 Å². The molecule has 0 amide bonds. The Labute approximate surface area is 275 Å². The largest absolute Gasteiger partial charge is 0.494 e. The van der Waals surface area contributed by atoms with Crippen LogP contribution in [0.3, 0.4) is 0 Å². The Balaban J connectivity index is 0.000000254. The molecule has 244 valence electrons. The highest BCUT2D eigenvalue weighted by molar-refractivity contribution is 6.84. The average Bonchev–Trinajstić information content (AvgIpc) is 2.98. The van der Waals surface area contributed by atoms with Crippen molar-refractivity contribution in [3.63, 3.8) is 0 Å². The van der Waals surface area contributed by atoms with Gasteiger partial charge in [0.05, 0.1) is 11.1 Å². The summed E-state index contributed by atoms with van der Waals surface area (Å²) in [5.41, 5.74) is 6.14. The van der Waals surface area contributed by atoms with E-state index < -0.39 is 28.6 Å². The Kier molecular flexibility index (Phi) is 12.5. The highest BCUT2D eigenvalue weighted by Gasteiger charge is 2.34. The van der Waals surface area contributed by atoms with Crippen molar-refractivity contribution in [2.75, 3.05) is 12.5 Å². The Bertz CT molecular complexity index is 1510. The molecule has 0 atom stereocenters. The monoisotopic (exact) mass is 658 g/mol. The molecule has 4 rings (SSSR count). The van der Waals surface area contributed by atoms with Gasteiger partial charge in [-0.3, -0.25) is 0 Å². The number of hydrogen-bond acceptors (Lipinski definition) is 5. The molecule has 0 unspecified atom stereocenters. The van der Waals surface area contributed by atoms with E-state index in [-0.39, 0.29) is 11.1 Å². The SMILES string of the molecule is Cc1ccc(Cc2ccc(C)c(C(=O)O)c2)cc1C(=O)O.Cc1ccc(OC[Si](C)(C)O[Si](C)(C)COc2ccc(C)cc2)cc1.